The molecule has 0 aliphatic carbocycles. The van der Waals surface area contributed by atoms with Crippen molar-refractivity contribution in [1.82, 2.24) is 18.5 Å². The lowest BCUT2D eigenvalue weighted by Crippen LogP contribution is -2.53. The first kappa shape index (κ1) is 25.4. The molecule has 4 saturated heterocycles. The minimum Gasteiger partial charge on any atom is -0.374 e. The second-order valence-corrected chi connectivity index (χ2v) is 12.2. The van der Waals surface area contributed by atoms with Crippen LogP contribution >= 0.6 is 0 Å². The van der Waals surface area contributed by atoms with Crippen LogP contribution in [0.1, 0.15) is 37.5 Å². The number of fused-ring (bicyclic) bond motifs is 1. The zero-order valence-electron chi connectivity index (χ0n) is 20.9. The standard InChI is InChI=1S/C25H34FN5O5S/c26-19-3-4-22-20(17-19)23(28-9-5-25(6-10-28)35-15-16-36-25)21(18-27-22)24(32)29-11-13-31(14-12-29)37(33,34)30-7-1-2-8-30/h3-4,17-18,24,32H,1-2,5-16H2. The number of hydrogen-bond acceptors (Lipinski definition) is 8. The zero-order valence-corrected chi connectivity index (χ0v) is 21.7. The van der Waals surface area contributed by atoms with Crippen LogP contribution in [0.3, 0.4) is 0 Å². The highest BCUT2D eigenvalue weighted by Crippen LogP contribution is 2.40. The molecule has 1 aromatic carbocycles. The van der Waals surface area contributed by atoms with Gasteiger partial charge in [-0.25, -0.2) is 4.39 Å². The Bertz CT molecular complexity index is 1230. The van der Waals surface area contributed by atoms with Crippen molar-refractivity contribution in [3.05, 3.63) is 35.8 Å². The molecule has 2 aromatic rings. The van der Waals surface area contributed by atoms with Crippen molar-refractivity contribution in [1.29, 1.82) is 0 Å². The number of ether oxygens (including phenoxy) is 2. The van der Waals surface area contributed by atoms with Crippen molar-refractivity contribution in [2.75, 3.05) is 70.5 Å². The monoisotopic (exact) mass is 535 g/mol. The third-order valence-electron chi connectivity index (χ3n) is 8.10. The summed E-state index contributed by atoms with van der Waals surface area (Å²) in [6.45, 7) is 4.99. The molecule has 1 aromatic heterocycles. The summed E-state index contributed by atoms with van der Waals surface area (Å²) in [4.78, 5) is 8.56. The molecule has 5 heterocycles. The van der Waals surface area contributed by atoms with E-state index in [-0.39, 0.29) is 5.82 Å². The molecule has 1 atom stereocenters. The lowest BCUT2D eigenvalue weighted by molar-refractivity contribution is -0.169. The quantitative estimate of drug-likeness (QED) is 0.618. The Balaban J connectivity index is 1.25. The summed E-state index contributed by atoms with van der Waals surface area (Å²) < 4.78 is 55.2. The number of nitrogens with zero attached hydrogens (tertiary/aromatic N) is 5. The number of piperidine rings is 1. The molecule has 1 unspecified atom stereocenters. The van der Waals surface area contributed by atoms with Crippen molar-refractivity contribution in [3.63, 3.8) is 0 Å². The summed E-state index contributed by atoms with van der Waals surface area (Å²) in [5.74, 6) is -0.917. The Morgan fingerprint density at radius 2 is 1.59 bits per heavy atom. The van der Waals surface area contributed by atoms with Gasteiger partial charge in [0.1, 0.15) is 12.0 Å². The van der Waals surface area contributed by atoms with Crippen molar-refractivity contribution in [2.45, 2.75) is 37.7 Å². The second-order valence-electron chi connectivity index (χ2n) is 10.2. The molecule has 0 saturated carbocycles. The number of pyridine rings is 1. The lowest BCUT2D eigenvalue weighted by Gasteiger charge is -2.41. The van der Waals surface area contributed by atoms with Gasteiger partial charge in [0, 0.05) is 82.3 Å². The maximum atomic E-state index is 14.4. The number of anilines is 1. The van der Waals surface area contributed by atoms with Crippen molar-refractivity contribution < 1.29 is 27.4 Å². The molecule has 4 aliphatic rings. The topological polar surface area (TPSA) is 98.7 Å². The largest absolute Gasteiger partial charge is 0.374 e. The predicted octanol–water partition coefficient (Wildman–Crippen LogP) is 1.67. The van der Waals surface area contributed by atoms with Crippen LogP contribution in [-0.4, -0.2) is 103 Å². The number of rotatable bonds is 5. The number of aliphatic hydroxyl groups is 1. The van der Waals surface area contributed by atoms with E-state index in [2.05, 4.69) is 9.88 Å². The van der Waals surface area contributed by atoms with Crippen molar-refractivity contribution in [2.24, 2.45) is 0 Å². The first-order chi connectivity index (χ1) is 17.9. The molecule has 4 fully saturated rings. The highest BCUT2D eigenvalue weighted by Gasteiger charge is 2.41. The summed E-state index contributed by atoms with van der Waals surface area (Å²) in [5, 5.41) is 12.2. The van der Waals surface area contributed by atoms with Gasteiger partial charge >= 0.3 is 0 Å². The molecule has 1 N–H and O–H groups in total. The molecule has 10 nitrogen and oxygen atoms in total. The highest BCUT2D eigenvalue weighted by molar-refractivity contribution is 7.86. The fourth-order valence-electron chi connectivity index (χ4n) is 6.02. The van der Waals surface area contributed by atoms with Gasteiger partial charge in [-0.3, -0.25) is 9.88 Å². The number of halogens is 1. The Morgan fingerprint density at radius 1 is 0.946 bits per heavy atom. The van der Waals surface area contributed by atoms with E-state index in [1.54, 1.807) is 16.6 Å². The van der Waals surface area contributed by atoms with Crippen molar-refractivity contribution >= 4 is 26.8 Å². The van der Waals surface area contributed by atoms with Crippen LogP contribution in [-0.2, 0) is 19.7 Å². The Labute approximate surface area is 216 Å². The second kappa shape index (κ2) is 9.99. The first-order valence-corrected chi connectivity index (χ1v) is 14.5. The van der Waals surface area contributed by atoms with E-state index >= 15 is 0 Å². The molecule has 4 aliphatic heterocycles. The van der Waals surface area contributed by atoms with Crippen LogP contribution in [0.2, 0.25) is 0 Å². The number of hydrogen-bond donors (Lipinski definition) is 1. The van der Waals surface area contributed by atoms with Crippen LogP contribution in [0.25, 0.3) is 10.9 Å². The zero-order chi connectivity index (χ0) is 25.6. The summed E-state index contributed by atoms with van der Waals surface area (Å²) in [7, 11) is -3.47. The molecule has 0 bridgehead atoms. The van der Waals surface area contributed by atoms with E-state index in [1.165, 1.54) is 16.4 Å². The molecule has 6 rings (SSSR count). The van der Waals surface area contributed by atoms with E-state index in [0.29, 0.717) is 94.9 Å². The third-order valence-corrected chi connectivity index (χ3v) is 10.1. The molecule has 37 heavy (non-hydrogen) atoms. The minimum absolute atomic E-state index is 0.307. The Kier molecular flexibility index (Phi) is 6.85. The number of aromatic nitrogens is 1. The van der Waals surface area contributed by atoms with E-state index in [4.69, 9.17) is 9.47 Å². The summed E-state index contributed by atoms with van der Waals surface area (Å²) in [6.07, 6.45) is 3.81. The average molecular weight is 536 g/mol. The fraction of sp³-hybridized carbons (Fsp3) is 0.640. The minimum atomic E-state index is -3.47. The maximum Gasteiger partial charge on any atom is 0.282 e. The SMILES string of the molecule is O=S(=O)(N1CCCC1)N1CCN(C(O)c2cnc3ccc(F)cc3c2N2CCC3(CC2)OCCO3)CC1. The molecule has 0 amide bonds. The van der Waals surface area contributed by atoms with Gasteiger partial charge in [0.25, 0.3) is 10.2 Å². The van der Waals surface area contributed by atoms with Gasteiger partial charge in [-0.15, -0.1) is 0 Å². The van der Waals surface area contributed by atoms with Gasteiger partial charge in [0.15, 0.2) is 5.79 Å². The van der Waals surface area contributed by atoms with Gasteiger partial charge in [-0.2, -0.15) is 17.0 Å². The molecule has 12 heteroatoms. The van der Waals surface area contributed by atoms with Crippen LogP contribution in [0, 0.1) is 5.82 Å². The molecular formula is C25H34FN5O5S. The average Bonchev–Trinajstić information content (AvgIpc) is 3.62. The Hall–Kier alpha value is -1.93. The van der Waals surface area contributed by atoms with E-state index < -0.39 is 22.2 Å². The normalized spacial score (nSPS) is 24.9. The molecule has 0 radical (unpaired) electrons. The van der Waals surface area contributed by atoms with Gasteiger partial charge in [-0.1, -0.05) is 0 Å². The number of aliphatic hydroxyl groups excluding tert-OH is 1. The fourth-order valence-corrected chi connectivity index (χ4v) is 7.69. The van der Waals surface area contributed by atoms with Crippen molar-refractivity contribution in [3.8, 4) is 0 Å². The summed E-state index contributed by atoms with van der Waals surface area (Å²) in [6, 6.07) is 4.52. The van der Waals surface area contributed by atoms with E-state index in [1.807, 2.05) is 4.90 Å². The lowest BCUT2D eigenvalue weighted by atomic mass is 9.99. The van der Waals surface area contributed by atoms with Gasteiger partial charge in [0.05, 0.1) is 24.4 Å². The molecule has 202 valence electrons. The number of benzene rings is 1. The van der Waals surface area contributed by atoms with E-state index in [0.717, 1.165) is 18.5 Å². The maximum absolute atomic E-state index is 14.4. The van der Waals surface area contributed by atoms with Gasteiger partial charge < -0.3 is 19.5 Å². The third kappa shape index (κ3) is 4.73. The van der Waals surface area contributed by atoms with Crippen LogP contribution < -0.4 is 4.90 Å². The number of piperazine rings is 1. The predicted molar refractivity (Wildman–Crippen MR) is 136 cm³/mol. The van der Waals surface area contributed by atoms with Gasteiger partial charge in [-0.05, 0) is 31.0 Å². The highest BCUT2D eigenvalue weighted by atomic mass is 32.2. The van der Waals surface area contributed by atoms with Crippen LogP contribution in [0.15, 0.2) is 24.4 Å². The molecule has 1 spiro atoms. The Morgan fingerprint density at radius 3 is 2.27 bits per heavy atom. The van der Waals surface area contributed by atoms with Crippen LogP contribution in [0.4, 0.5) is 10.1 Å². The summed E-state index contributed by atoms with van der Waals surface area (Å²) in [5.41, 5.74) is 2.01. The van der Waals surface area contributed by atoms with E-state index in [9.17, 15) is 17.9 Å². The van der Waals surface area contributed by atoms with Crippen LogP contribution in [0.5, 0.6) is 0 Å². The molecular weight excluding hydrogens is 501 g/mol. The smallest absolute Gasteiger partial charge is 0.282 e. The summed E-state index contributed by atoms with van der Waals surface area (Å²) >= 11 is 0. The van der Waals surface area contributed by atoms with Gasteiger partial charge in [0.2, 0.25) is 0 Å². The first-order valence-electron chi connectivity index (χ1n) is 13.1.